The lowest BCUT2D eigenvalue weighted by Crippen LogP contribution is -2.01. The molecule has 26 heavy (non-hydrogen) atoms. The topological polar surface area (TPSA) is 68.0 Å². The molecule has 5 nitrogen and oxygen atoms in total. The Morgan fingerprint density at radius 1 is 1.23 bits per heavy atom. The van der Waals surface area contributed by atoms with Gasteiger partial charge in [-0.25, -0.2) is 9.78 Å². The van der Waals surface area contributed by atoms with Gasteiger partial charge in [-0.05, 0) is 29.7 Å². The van der Waals surface area contributed by atoms with Crippen molar-refractivity contribution >= 4 is 28.2 Å². The highest BCUT2D eigenvalue weighted by Gasteiger charge is 2.16. The summed E-state index contributed by atoms with van der Waals surface area (Å²) in [5.74, 6) is 5.09. The van der Waals surface area contributed by atoms with Gasteiger partial charge in [0.15, 0.2) is 0 Å². The zero-order chi connectivity index (χ0) is 18.1. The fourth-order valence-corrected chi connectivity index (χ4v) is 3.33. The molecule has 0 aliphatic heterocycles. The van der Waals surface area contributed by atoms with Crippen molar-refractivity contribution in [3.05, 3.63) is 70.3 Å². The van der Waals surface area contributed by atoms with Gasteiger partial charge in [0, 0.05) is 28.9 Å². The van der Waals surface area contributed by atoms with Gasteiger partial charge in [-0.2, -0.15) is 5.10 Å². The molecule has 1 N–H and O–H groups in total. The van der Waals surface area contributed by atoms with E-state index in [1.54, 1.807) is 28.5 Å². The van der Waals surface area contributed by atoms with Gasteiger partial charge >= 0.3 is 5.97 Å². The van der Waals surface area contributed by atoms with Crippen LogP contribution in [0.4, 0.5) is 0 Å². The third-order valence-corrected chi connectivity index (χ3v) is 4.68. The molecule has 0 saturated carbocycles. The molecule has 0 atom stereocenters. The first-order chi connectivity index (χ1) is 12.6. The van der Waals surface area contributed by atoms with Gasteiger partial charge < -0.3 is 5.11 Å². The van der Waals surface area contributed by atoms with E-state index < -0.39 is 5.97 Å². The third kappa shape index (κ3) is 2.85. The normalized spacial score (nSPS) is 10.5. The van der Waals surface area contributed by atoms with Crippen LogP contribution in [0, 0.1) is 11.8 Å². The molecule has 0 unspecified atom stereocenters. The van der Waals surface area contributed by atoms with Crippen molar-refractivity contribution < 1.29 is 9.90 Å². The van der Waals surface area contributed by atoms with Crippen molar-refractivity contribution in [2.45, 2.75) is 0 Å². The largest absolute Gasteiger partial charge is 0.478 e. The van der Waals surface area contributed by atoms with Crippen LogP contribution in [0.2, 0.25) is 0 Å². The van der Waals surface area contributed by atoms with Crippen LogP contribution >= 0.6 is 11.3 Å². The summed E-state index contributed by atoms with van der Waals surface area (Å²) in [7, 11) is 1.86. The Hall–Kier alpha value is -3.43. The van der Waals surface area contributed by atoms with E-state index in [1.165, 1.54) is 11.3 Å². The van der Waals surface area contributed by atoms with Crippen LogP contribution in [0.3, 0.4) is 0 Å². The highest BCUT2D eigenvalue weighted by molar-refractivity contribution is 7.07. The Balaban J connectivity index is 1.94. The van der Waals surface area contributed by atoms with Gasteiger partial charge in [-0.1, -0.05) is 24.1 Å². The number of carbonyl (C=O) groups is 1. The Morgan fingerprint density at radius 3 is 2.88 bits per heavy atom. The van der Waals surface area contributed by atoms with Crippen LogP contribution in [0.25, 0.3) is 22.0 Å². The van der Waals surface area contributed by atoms with Gasteiger partial charge in [0.25, 0.3) is 0 Å². The molecule has 0 saturated heterocycles. The fourth-order valence-electron chi connectivity index (χ4n) is 2.85. The van der Waals surface area contributed by atoms with Crippen molar-refractivity contribution in [2.75, 3.05) is 0 Å². The maximum absolute atomic E-state index is 11.8. The second kappa shape index (κ2) is 6.47. The fraction of sp³-hybridized carbons (Fsp3) is 0.0500. The van der Waals surface area contributed by atoms with E-state index in [-0.39, 0.29) is 5.56 Å². The maximum atomic E-state index is 11.8. The molecule has 0 spiro atoms. The van der Waals surface area contributed by atoms with E-state index >= 15 is 0 Å². The summed E-state index contributed by atoms with van der Waals surface area (Å²) >= 11 is 1.47. The molecule has 2 aromatic heterocycles. The number of hydrogen-bond donors (Lipinski definition) is 1. The summed E-state index contributed by atoms with van der Waals surface area (Å²) < 4.78 is 1.77. The molecule has 0 radical (unpaired) electrons. The minimum atomic E-state index is -0.984. The smallest absolute Gasteiger partial charge is 0.336 e. The second-order valence-electron chi connectivity index (χ2n) is 5.70. The Morgan fingerprint density at radius 2 is 2.12 bits per heavy atom. The Bertz CT molecular complexity index is 1180. The summed E-state index contributed by atoms with van der Waals surface area (Å²) in [5.41, 5.74) is 5.59. The van der Waals surface area contributed by atoms with Crippen molar-refractivity contribution in [1.82, 2.24) is 14.8 Å². The van der Waals surface area contributed by atoms with Gasteiger partial charge in [0.1, 0.15) is 5.69 Å². The van der Waals surface area contributed by atoms with E-state index in [0.717, 1.165) is 16.5 Å². The Kier molecular flexibility index (Phi) is 3.99. The van der Waals surface area contributed by atoms with E-state index in [0.29, 0.717) is 16.8 Å². The number of nitrogens with zero attached hydrogens (tertiary/aromatic N) is 3. The minimum absolute atomic E-state index is 0.219. The molecule has 2 heterocycles. The average Bonchev–Trinajstić information content (AvgIpc) is 3.29. The number of aryl methyl sites for hydroxylation is 1. The number of rotatable bonds is 2. The average molecular weight is 359 g/mol. The summed E-state index contributed by atoms with van der Waals surface area (Å²) in [6.07, 6.45) is 1.78. The van der Waals surface area contributed by atoms with Crippen LogP contribution < -0.4 is 0 Å². The van der Waals surface area contributed by atoms with E-state index in [9.17, 15) is 9.90 Å². The number of hydrogen-bond acceptors (Lipinski definition) is 4. The first kappa shape index (κ1) is 16.1. The zero-order valence-electron chi connectivity index (χ0n) is 13.8. The number of benzene rings is 2. The second-order valence-corrected chi connectivity index (χ2v) is 6.42. The van der Waals surface area contributed by atoms with Gasteiger partial charge in [-0.15, -0.1) is 11.3 Å². The predicted molar refractivity (Wildman–Crippen MR) is 101 cm³/mol. The number of aromatic nitrogens is 3. The van der Waals surface area contributed by atoms with E-state index in [4.69, 9.17) is 0 Å². The molecule has 2 aromatic carbocycles. The molecule has 0 amide bonds. The molecule has 0 fully saturated rings. The molecule has 0 aliphatic rings. The van der Waals surface area contributed by atoms with Crippen molar-refractivity contribution in [2.24, 2.45) is 7.05 Å². The van der Waals surface area contributed by atoms with Crippen LogP contribution in [0.5, 0.6) is 0 Å². The summed E-state index contributed by atoms with van der Waals surface area (Å²) in [6.45, 7) is 0. The lowest BCUT2D eigenvalue weighted by atomic mass is 9.94. The van der Waals surface area contributed by atoms with Crippen molar-refractivity contribution in [3.8, 4) is 23.0 Å². The van der Waals surface area contributed by atoms with E-state index in [1.807, 2.05) is 36.7 Å². The summed E-state index contributed by atoms with van der Waals surface area (Å²) in [5, 5.41) is 16.8. The number of aromatic carboxylic acids is 1. The molecule has 0 aliphatic carbocycles. The molecule has 6 heteroatoms. The number of carboxylic acid groups (broad SMARTS) is 1. The third-order valence-electron chi connectivity index (χ3n) is 4.09. The highest BCUT2D eigenvalue weighted by Crippen LogP contribution is 2.30. The van der Waals surface area contributed by atoms with Crippen molar-refractivity contribution in [3.63, 3.8) is 0 Å². The first-order valence-electron chi connectivity index (χ1n) is 7.82. The highest BCUT2D eigenvalue weighted by atomic mass is 32.1. The minimum Gasteiger partial charge on any atom is -0.478 e. The molecular weight excluding hydrogens is 346 g/mol. The molecule has 126 valence electrons. The number of fused-ring (bicyclic) bond motifs is 1. The standard InChI is InChI=1S/C20H13N3O2S/c1-23-18-9-14(5-6-15(18)10-22-23)19-13(3-2-4-17(19)20(24)25)7-8-16-11-26-12-21-16/h2-6,9-12H,1H3,(H,24,25). The molecule has 4 rings (SSSR count). The van der Waals surface area contributed by atoms with Gasteiger partial charge in [0.2, 0.25) is 0 Å². The molecular formula is C20H13N3O2S. The lowest BCUT2D eigenvalue weighted by molar-refractivity contribution is 0.0697. The molecule has 0 bridgehead atoms. The number of carboxylic acids is 1. The van der Waals surface area contributed by atoms with Crippen LogP contribution in [-0.4, -0.2) is 25.8 Å². The Labute approximate surface area is 153 Å². The lowest BCUT2D eigenvalue weighted by Gasteiger charge is -2.10. The van der Waals surface area contributed by atoms with Crippen LogP contribution in [0.1, 0.15) is 21.6 Å². The first-order valence-corrected chi connectivity index (χ1v) is 8.76. The number of thiazole rings is 1. The van der Waals surface area contributed by atoms with Gasteiger partial charge in [0.05, 0.1) is 22.8 Å². The van der Waals surface area contributed by atoms with Crippen molar-refractivity contribution in [1.29, 1.82) is 0 Å². The maximum Gasteiger partial charge on any atom is 0.336 e. The monoisotopic (exact) mass is 359 g/mol. The van der Waals surface area contributed by atoms with Gasteiger partial charge in [-0.3, -0.25) is 4.68 Å². The summed E-state index contributed by atoms with van der Waals surface area (Å²) in [6, 6.07) is 10.9. The quantitative estimate of drug-likeness (QED) is 0.553. The van der Waals surface area contributed by atoms with Crippen LogP contribution in [-0.2, 0) is 7.05 Å². The van der Waals surface area contributed by atoms with Crippen LogP contribution in [0.15, 0.2) is 53.5 Å². The van der Waals surface area contributed by atoms with E-state index in [2.05, 4.69) is 21.9 Å². The SMILES string of the molecule is Cn1ncc2ccc(-c3c(C#Cc4cscn4)cccc3C(=O)O)cc21. The molecule has 4 aromatic rings. The zero-order valence-corrected chi connectivity index (χ0v) is 14.6. The predicted octanol–water partition coefficient (Wildman–Crippen LogP) is 3.79. The summed E-state index contributed by atoms with van der Waals surface area (Å²) in [4.78, 5) is 15.9.